The SMILES string of the molecule is CCc1c2ccccc2c(Cc2cccc3c2Cc2ccccc2-3)c2ccccc12. The monoisotopic (exact) mass is 384 g/mol. The molecule has 0 aliphatic heterocycles. The largest absolute Gasteiger partial charge is 0.0619 e. The van der Waals surface area contributed by atoms with Crippen LogP contribution in [0.1, 0.15) is 34.7 Å². The van der Waals surface area contributed by atoms with Crippen molar-refractivity contribution < 1.29 is 0 Å². The average Bonchev–Trinajstić information content (AvgIpc) is 3.19. The van der Waals surface area contributed by atoms with E-state index in [4.69, 9.17) is 0 Å². The maximum Gasteiger partial charge on any atom is -0.00104 e. The molecule has 1 aliphatic carbocycles. The summed E-state index contributed by atoms with van der Waals surface area (Å²) in [6, 6.07) is 33.7. The van der Waals surface area contributed by atoms with Crippen LogP contribution in [0.15, 0.2) is 91.0 Å². The fraction of sp³-hybridized carbons (Fsp3) is 0.133. The average molecular weight is 385 g/mol. The van der Waals surface area contributed by atoms with Crippen LogP contribution >= 0.6 is 0 Å². The van der Waals surface area contributed by atoms with Crippen LogP contribution in [0.5, 0.6) is 0 Å². The molecule has 6 rings (SSSR count). The molecule has 0 nitrogen and oxygen atoms in total. The van der Waals surface area contributed by atoms with Crippen molar-refractivity contribution in [3.8, 4) is 11.1 Å². The Morgan fingerprint density at radius 1 is 0.567 bits per heavy atom. The van der Waals surface area contributed by atoms with Gasteiger partial charge in [-0.1, -0.05) is 97.9 Å². The van der Waals surface area contributed by atoms with Gasteiger partial charge in [0, 0.05) is 0 Å². The van der Waals surface area contributed by atoms with Gasteiger partial charge in [-0.05, 0) is 79.8 Å². The Hall–Kier alpha value is -3.38. The second-order valence-electron chi connectivity index (χ2n) is 8.36. The minimum Gasteiger partial charge on any atom is -0.0619 e. The minimum absolute atomic E-state index is 0.974. The molecule has 5 aromatic carbocycles. The molecule has 0 heteroatoms. The topological polar surface area (TPSA) is 0 Å². The molecule has 1 aliphatic rings. The van der Waals surface area contributed by atoms with Gasteiger partial charge in [0.25, 0.3) is 0 Å². The molecule has 0 atom stereocenters. The van der Waals surface area contributed by atoms with Crippen molar-refractivity contribution in [2.45, 2.75) is 26.2 Å². The third-order valence-electron chi connectivity index (χ3n) is 6.82. The second-order valence-corrected chi connectivity index (χ2v) is 8.36. The third kappa shape index (κ3) is 2.53. The molecule has 0 aromatic heterocycles. The summed E-state index contributed by atoms with van der Waals surface area (Å²) in [7, 11) is 0. The first-order valence-electron chi connectivity index (χ1n) is 11.0. The van der Waals surface area contributed by atoms with Crippen molar-refractivity contribution in [1.82, 2.24) is 0 Å². The smallest absolute Gasteiger partial charge is 0.00104 e. The van der Waals surface area contributed by atoms with Crippen molar-refractivity contribution in [2.75, 3.05) is 0 Å². The second kappa shape index (κ2) is 6.85. The Kier molecular flexibility index (Phi) is 3.99. The zero-order chi connectivity index (χ0) is 20.1. The quantitative estimate of drug-likeness (QED) is 0.274. The van der Waals surface area contributed by atoms with Crippen LogP contribution in [0, 0.1) is 0 Å². The summed E-state index contributed by atoms with van der Waals surface area (Å²) in [5.74, 6) is 0. The molecule has 0 unspecified atom stereocenters. The summed E-state index contributed by atoms with van der Waals surface area (Å²) in [4.78, 5) is 0. The standard InChI is InChI=1S/C30H24/c1-2-22-24-13-5-7-15-27(24)30(28-16-8-6-14-25(22)28)19-21-11-9-17-26-23-12-4-3-10-20(23)18-29(21)26/h3-17H,2,18-19H2,1H3. The summed E-state index contributed by atoms with van der Waals surface area (Å²) < 4.78 is 0. The molecule has 0 saturated heterocycles. The van der Waals surface area contributed by atoms with Crippen molar-refractivity contribution in [3.05, 3.63) is 119 Å². The van der Waals surface area contributed by atoms with E-state index in [1.54, 1.807) is 0 Å². The van der Waals surface area contributed by atoms with Gasteiger partial charge in [-0.25, -0.2) is 0 Å². The van der Waals surface area contributed by atoms with E-state index in [0.717, 1.165) is 19.3 Å². The summed E-state index contributed by atoms with van der Waals surface area (Å²) in [6.45, 7) is 2.27. The Morgan fingerprint density at radius 2 is 1.13 bits per heavy atom. The van der Waals surface area contributed by atoms with Crippen molar-refractivity contribution in [3.63, 3.8) is 0 Å². The van der Waals surface area contributed by atoms with Crippen LogP contribution in [0.4, 0.5) is 0 Å². The van der Waals surface area contributed by atoms with Crippen molar-refractivity contribution >= 4 is 21.5 Å². The van der Waals surface area contributed by atoms with Gasteiger partial charge in [-0.15, -0.1) is 0 Å². The van der Waals surface area contributed by atoms with Gasteiger partial charge >= 0.3 is 0 Å². The number of aryl methyl sites for hydroxylation is 1. The maximum atomic E-state index is 2.34. The summed E-state index contributed by atoms with van der Waals surface area (Å²) in [5, 5.41) is 5.62. The Labute approximate surface area is 177 Å². The highest BCUT2D eigenvalue weighted by Crippen LogP contribution is 2.40. The number of hydrogen-bond acceptors (Lipinski definition) is 0. The first kappa shape index (κ1) is 17.5. The summed E-state index contributed by atoms with van der Waals surface area (Å²) in [6.07, 6.45) is 3.07. The Balaban J connectivity index is 1.59. The van der Waals surface area contributed by atoms with E-state index in [0.29, 0.717) is 0 Å². The lowest BCUT2D eigenvalue weighted by molar-refractivity contribution is 1.13. The van der Waals surface area contributed by atoms with Crippen LogP contribution in [0.2, 0.25) is 0 Å². The highest BCUT2D eigenvalue weighted by Gasteiger charge is 2.21. The van der Waals surface area contributed by atoms with E-state index in [9.17, 15) is 0 Å². The van der Waals surface area contributed by atoms with Gasteiger partial charge in [0.2, 0.25) is 0 Å². The Morgan fingerprint density at radius 3 is 1.80 bits per heavy atom. The lowest BCUT2D eigenvalue weighted by atomic mass is 9.86. The van der Waals surface area contributed by atoms with E-state index in [2.05, 4.69) is 97.9 Å². The molecule has 0 bridgehead atoms. The molecule has 144 valence electrons. The fourth-order valence-electron chi connectivity index (χ4n) is 5.46. The van der Waals surface area contributed by atoms with Gasteiger partial charge in [-0.3, -0.25) is 0 Å². The zero-order valence-corrected chi connectivity index (χ0v) is 17.3. The van der Waals surface area contributed by atoms with Gasteiger partial charge < -0.3 is 0 Å². The first-order valence-corrected chi connectivity index (χ1v) is 11.0. The predicted octanol–water partition coefficient (Wildman–Crippen LogP) is 7.72. The normalized spacial score (nSPS) is 12.3. The summed E-state index contributed by atoms with van der Waals surface area (Å²) in [5.41, 5.74) is 10.2. The van der Waals surface area contributed by atoms with Crippen LogP contribution in [0.25, 0.3) is 32.7 Å². The van der Waals surface area contributed by atoms with Gasteiger partial charge in [0.15, 0.2) is 0 Å². The molecule has 30 heavy (non-hydrogen) atoms. The molecule has 0 fully saturated rings. The minimum atomic E-state index is 0.974. The van der Waals surface area contributed by atoms with Gasteiger partial charge in [-0.2, -0.15) is 0 Å². The van der Waals surface area contributed by atoms with Crippen molar-refractivity contribution in [1.29, 1.82) is 0 Å². The van der Waals surface area contributed by atoms with Crippen LogP contribution in [0.3, 0.4) is 0 Å². The van der Waals surface area contributed by atoms with Gasteiger partial charge in [0.1, 0.15) is 0 Å². The molecule has 0 N–H and O–H groups in total. The lowest BCUT2D eigenvalue weighted by Gasteiger charge is -2.17. The van der Waals surface area contributed by atoms with E-state index >= 15 is 0 Å². The number of fused-ring (bicyclic) bond motifs is 5. The molecule has 0 saturated carbocycles. The van der Waals surface area contributed by atoms with Crippen LogP contribution in [-0.2, 0) is 19.3 Å². The van der Waals surface area contributed by atoms with E-state index in [1.807, 2.05) is 0 Å². The van der Waals surface area contributed by atoms with Crippen LogP contribution in [-0.4, -0.2) is 0 Å². The molecule has 0 radical (unpaired) electrons. The van der Waals surface area contributed by atoms with Crippen LogP contribution < -0.4 is 0 Å². The Bertz CT molecular complexity index is 1360. The van der Waals surface area contributed by atoms with E-state index < -0.39 is 0 Å². The van der Waals surface area contributed by atoms with E-state index in [1.165, 1.54) is 60.5 Å². The molecular formula is C30H24. The molecule has 0 amide bonds. The maximum absolute atomic E-state index is 2.34. The van der Waals surface area contributed by atoms with Gasteiger partial charge in [0.05, 0.1) is 0 Å². The molecule has 0 heterocycles. The number of benzene rings is 5. The molecule has 5 aromatic rings. The zero-order valence-electron chi connectivity index (χ0n) is 17.3. The third-order valence-corrected chi connectivity index (χ3v) is 6.82. The van der Waals surface area contributed by atoms with E-state index in [-0.39, 0.29) is 0 Å². The first-order chi connectivity index (χ1) is 14.8. The summed E-state index contributed by atoms with van der Waals surface area (Å²) >= 11 is 0. The highest BCUT2D eigenvalue weighted by molar-refractivity contribution is 6.06. The van der Waals surface area contributed by atoms with Crippen molar-refractivity contribution in [2.24, 2.45) is 0 Å². The highest BCUT2D eigenvalue weighted by atomic mass is 14.3. The number of rotatable bonds is 3. The number of hydrogen-bond donors (Lipinski definition) is 0. The molecule has 0 spiro atoms. The fourth-order valence-corrected chi connectivity index (χ4v) is 5.46. The predicted molar refractivity (Wildman–Crippen MR) is 128 cm³/mol. The lowest BCUT2D eigenvalue weighted by Crippen LogP contribution is -1.99. The molecular weight excluding hydrogens is 360 g/mol.